The zero-order valence-corrected chi connectivity index (χ0v) is 10.7. The second-order valence-electron chi connectivity index (χ2n) is 4.82. The van der Waals surface area contributed by atoms with Gasteiger partial charge in [0.05, 0.1) is 11.6 Å². The normalized spacial score (nSPS) is 31.6. The van der Waals surface area contributed by atoms with E-state index < -0.39 is 0 Å². The minimum atomic E-state index is -0.129. The molecule has 0 heterocycles. The van der Waals surface area contributed by atoms with Gasteiger partial charge in [-0.2, -0.15) is 0 Å². The van der Waals surface area contributed by atoms with Crippen molar-refractivity contribution in [1.29, 1.82) is 0 Å². The van der Waals surface area contributed by atoms with Gasteiger partial charge in [0.1, 0.15) is 0 Å². The number of hydrogen-bond acceptors (Lipinski definition) is 3. The van der Waals surface area contributed by atoms with Gasteiger partial charge in [0.15, 0.2) is 0 Å². The first-order chi connectivity index (χ1) is 7.68. The van der Waals surface area contributed by atoms with Crippen LogP contribution in [0.3, 0.4) is 0 Å². The maximum Gasteiger partial charge on any atom is 0.0856 e. The third kappa shape index (κ3) is 2.98. The molecule has 3 atom stereocenters. The summed E-state index contributed by atoms with van der Waals surface area (Å²) < 4.78 is 5.79. The molecule has 0 aliphatic heterocycles. The molecule has 0 aromatic carbocycles. The highest BCUT2D eigenvalue weighted by atomic mass is 16.5. The van der Waals surface area contributed by atoms with Gasteiger partial charge in [-0.1, -0.05) is 19.8 Å². The van der Waals surface area contributed by atoms with Crippen LogP contribution in [0.2, 0.25) is 0 Å². The number of methoxy groups -OCH3 is 1. The first-order valence-electron chi connectivity index (χ1n) is 6.09. The van der Waals surface area contributed by atoms with Gasteiger partial charge in [0, 0.05) is 13.5 Å². The van der Waals surface area contributed by atoms with Crippen LogP contribution in [-0.4, -0.2) is 18.8 Å². The molecule has 0 bridgehead atoms. The molecule has 0 spiro atoms. The largest absolute Gasteiger partial charge is 0.377 e. The van der Waals surface area contributed by atoms with Gasteiger partial charge in [0.2, 0.25) is 0 Å². The van der Waals surface area contributed by atoms with Crippen molar-refractivity contribution in [2.45, 2.75) is 57.6 Å². The molecule has 3 nitrogen and oxygen atoms in total. The molecule has 1 rings (SSSR count). The van der Waals surface area contributed by atoms with Crippen molar-refractivity contribution < 1.29 is 4.74 Å². The summed E-state index contributed by atoms with van der Waals surface area (Å²) >= 11 is 0. The van der Waals surface area contributed by atoms with E-state index in [2.05, 4.69) is 24.2 Å². The molecule has 0 saturated heterocycles. The average molecular weight is 224 g/mol. The van der Waals surface area contributed by atoms with Crippen LogP contribution in [0.25, 0.3) is 0 Å². The fourth-order valence-corrected chi connectivity index (χ4v) is 2.79. The molecule has 1 aliphatic rings. The van der Waals surface area contributed by atoms with Crippen LogP contribution in [0.15, 0.2) is 0 Å². The summed E-state index contributed by atoms with van der Waals surface area (Å²) in [6.07, 6.45) is 5.42. The monoisotopic (exact) mass is 224 g/mol. The summed E-state index contributed by atoms with van der Waals surface area (Å²) in [5.74, 6) is 12.4. The van der Waals surface area contributed by atoms with Crippen LogP contribution in [-0.2, 0) is 4.74 Å². The lowest BCUT2D eigenvalue weighted by molar-refractivity contribution is -0.0781. The Kier molecular flexibility index (Phi) is 5.27. The highest BCUT2D eigenvalue weighted by molar-refractivity contribution is 5.05. The van der Waals surface area contributed by atoms with Gasteiger partial charge in [-0.15, -0.1) is 11.8 Å². The van der Waals surface area contributed by atoms with Crippen molar-refractivity contribution in [1.82, 2.24) is 5.43 Å². The molecule has 0 aromatic rings. The smallest absolute Gasteiger partial charge is 0.0856 e. The molecule has 92 valence electrons. The Balaban J connectivity index is 2.77. The predicted octanol–water partition coefficient (Wildman–Crippen LogP) is 1.83. The Bertz CT molecular complexity index is 269. The van der Waals surface area contributed by atoms with E-state index in [-0.39, 0.29) is 11.6 Å². The molecular formula is C13H24N2O. The first kappa shape index (κ1) is 13.5. The maximum atomic E-state index is 5.79. The molecule has 3 unspecified atom stereocenters. The Morgan fingerprint density at radius 1 is 1.62 bits per heavy atom. The fraction of sp³-hybridized carbons (Fsp3) is 0.846. The van der Waals surface area contributed by atoms with Crippen molar-refractivity contribution in [3.8, 4) is 11.8 Å². The van der Waals surface area contributed by atoms with Crippen molar-refractivity contribution in [3.05, 3.63) is 0 Å². The molecule has 1 fully saturated rings. The lowest BCUT2D eigenvalue weighted by atomic mass is 9.74. The van der Waals surface area contributed by atoms with Crippen LogP contribution in [0, 0.1) is 17.8 Å². The van der Waals surface area contributed by atoms with E-state index >= 15 is 0 Å². The van der Waals surface area contributed by atoms with Crippen LogP contribution in [0.4, 0.5) is 0 Å². The van der Waals surface area contributed by atoms with E-state index in [9.17, 15) is 0 Å². The Hall–Kier alpha value is -0.560. The van der Waals surface area contributed by atoms with Crippen LogP contribution in [0.5, 0.6) is 0 Å². The Morgan fingerprint density at radius 3 is 2.88 bits per heavy atom. The summed E-state index contributed by atoms with van der Waals surface area (Å²) in [6, 6.07) is 0.132. The number of ether oxygens (including phenoxy) is 1. The standard InChI is InChI=1S/C13H24N2O/c1-4-5-8-12(15-14)13(16-3)9-6-7-11(2)10-13/h11-12,15H,6-10,14H2,1-3H3. The van der Waals surface area contributed by atoms with Gasteiger partial charge in [-0.3, -0.25) is 11.3 Å². The third-order valence-corrected chi connectivity index (χ3v) is 3.72. The third-order valence-electron chi connectivity index (χ3n) is 3.72. The SMILES string of the molecule is CC#CCC(NN)C1(OC)CCCC(C)C1. The number of hydrazine groups is 1. The maximum absolute atomic E-state index is 5.79. The van der Waals surface area contributed by atoms with Gasteiger partial charge in [-0.25, -0.2) is 0 Å². The predicted molar refractivity (Wildman–Crippen MR) is 66.6 cm³/mol. The van der Waals surface area contributed by atoms with Gasteiger partial charge >= 0.3 is 0 Å². The lowest BCUT2D eigenvalue weighted by Gasteiger charge is -2.43. The second-order valence-corrected chi connectivity index (χ2v) is 4.82. The van der Waals surface area contributed by atoms with Gasteiger partial charge in [-0.05, 0) is 25.7 Å². The number of hydrogen-bond donors (Lipinski definition) is 2. The summed E-state index contributed by atoms with van der Waals surface area (Å²) in [4.78, 5) is 0. The summed E-state index contributed by atoms with van der Waals surface area (Å²) in [5, 5.41) is 0. The average Bonchev–Trinajstić information content (AvgIpc) is 2.30. The zero-order chi connectivity index (χ0) is 12.0. The highest BCUT2D eigenvalue weighted by Crippen LogP contribution is 2.37. The molecule has 16 heavy (non-hydrogen) atoms. The second kappa shape index (κ2) is 6.24. The minimum absolute atomic E-state index is 0.129. The van der Waals surface area contributed by atoms with E-state index in [0.717, 1.165) is 19.3 Å². The molecular weight excluding hydrogens is 200 g/mol. The van der Waals surface area contributed by atoms with E-state index in [1.54, 1.807) is 7.11 Å². The van der Waals surface area contributed by atoms with E-state index in [4.69, 9.17) is 10.6 Å². The molecule has 3 heteroatoms. The summed E-state index contributed by atoms with van der Waals surface area (Å²) in [5.41, 5.74) is 2.76. The van der Waals surface area contributed by atoms with Crippen LogP contribution < -0.4 is 11.3 Å². The number of nitrogens with two attached hydrogens (primary N) is 1. The van der Waals surface area contributed by atoms with E-state index in [1.165, 1.54) is 12.8 Å². The van der Waals surface area contributed by atoms with Crippen molar-refractivity contribution in [3.63, 3.8) is 0 Å². The number of nitrogens with one attached hydrogen (secondary N) is 1. The molecule has 0 radical (unpaired) electrons. The van der Waals surface area contributed by atoms with Gasteiger partial charge < -0.3 is 4.74 Å². The summed E-state index contributed by atoms with van der Waals surface area (Å²) in [7, 11) is 1.79. The zero-order valence-electron chi connectivity index (χ0n) is 10.7. The van der Waals surface area contributed by atoms with Gasteiger partial charge in [0.25, 0.3) is 0 Å². The summed E-state index contributed by atoms with van der Waals surface area (Å²) in [6.45, 7) is 4.14. The molecule has 0 aromatic heterocycles. The van der Waals surface area contributed by atoms with Crippen LogP contribution >= 0.6 is 0 Å². The quantitative estimate of drug-likeness (QED) is 0.435. The molecule has 0 amide bonds. The lowest BCUT2D eigenvalue weighted by Crippen LogP contribution is -2.56. The molecule has 3 N–H and O–H groups in total. The van der Waals surface area contributed by atoms with Crippen molar-refractivity contribution in [2.24, 2.45) is 11.8 Å². The van der Waals surface area contributed by atoms with Crippen molar-refractivity contribution in [2.75, 3.05) is 7.11 Å². The van der Waals surface area contributed by atoms with E-state index in [1.807, 2.05) is 6.92 Å². The van der Waals surface area contributed by atoms with E-state index in [0.29, 0.717) is 5.92 Å². The molecule has 1 saturated carbocycles. The van der Waals surface area contributed by atoms with Crippen LogP contribution in [0.1, 0.15) is 46.0 Å². The molecule has 1 aliphatic carbocycles. The Morgan fingerprint density at radius 2 is 2.38 bits per heavy atom. The van der Waals surface area contributed by atoms with Crippen molar-refractivity contribution >= 4 is 0 Å². The number of rotatable bonds is 4. The highest BCUT2D eigenvalue weighted by Gasteiger charge is 2.41. The Labute approximate surface area is 99.1 Å². The minimum Gasteiger partial charge on any atom is -0.377 e. The first-order valence-corrected chi connectivity index (χ1v) is 6.09. The topological polar surface area (TPSA) is 47.3 Å². The fourth-order valence-electron chi connectivity index (χ4n) is 2.79.